The Morgan fingerprint density at radius 2 is 1.87 bits per heavy atom. The summed E-state index contributed by atoms with van der Waals surface area (Å²) >= 11 is 0. The Hall–Kier alpha value is -0.820. The van der Waals surface area contributed by atoms with E-state index < -0.39 is 0 Å². The molecule has 1 unspecified atom stereocenters. The van der Waals surface area contributed by atoms with Gasteiger partial charge in [-0.3, -0.25) is 0 Å². The third-order valence-corrected chi connectivity index (χ3v) is 3.01. The van der Waals surface area contributed by atoms with Gasteiger partial charge in [-0.25, -0.2) is 0 Å². The zero-order valence-corrected chi connectivity index (χ0v) is 9.78. The molecule has 1 heteroatoms. The first-order valence-corrected chi connectivity index (χ1v) is 6.10. The van der Waals surface area contributed by atoms with Gasteiger partial charge in [-0.1, -0.05) is 56.5 Å². The van der Waals surface area contributed by atoms with Crippen LogP contribution in [0.15, 0.2) is 30.3 Å². The molecule has 1 aromatic carbocycles. The molecule has 0 saturated heterocycles. The highest BCUT2D eigenvalue weighted by molar-refractivity contribution is 5.15. The Balaban J connectivity index is 2.33. The van der Waals surface area contributed by atoms with Crippen molar-refractivity contribution in [3.05, 3.63) is 35.9 Å². The van der Waals surface area contributed by atoms with Crippen LogP contribution in [0.25, 0.3) is 0 Å². The fourth-order valence-corrected chi connectivity index (χ4v) is 1.98. The summed E-state index contributed by atoms with van der Waals surface area (Å²) in [6.45, 7) is 3.12. The molecule has 0 aliphatic heterocycles. The lowest BCUT2D eigenvalue weighted by Crippen LogP contribution is -2.05. The van der Waals surface area contributed by atoms with Gasteiger partial charge in [0.05, 0.1) is 0 Å². The van der Waals surface area contributed by atoms with Crippen molar-refractivity contribution in [2.75, 3.05) is 6.54 Å². The van der Waals surface area contributed by atoms with Crippen LogP contribution in [0.5, 0.6) is 0 Å². The summed E-state index contributed by atoms with van der Waals surface area (Å²) in [4.78, 5) is 0. The molecule has 0 spiro atoms. The van der Waals surface area contributed by atoms with Gasteiger partial charge in [-0.15, -0.1) is 0 Å². The molecule has 1 atom stereocenters. The fourth-order valence-electron chi connectivity index (χ4n) is 1.98. The molecular weight excluding hydrogens is 182 g/mol. The molecule has 0 bridgehead atoms. The van der Waals surface area contributed by atoms with E-state index in [0.717, 1.165) is 12.5 Å². The van der Waals surface area contributed by atoms with Crippen molar-refractivity contribution in [2.45, 2.75) is 39.0 Å². The predicted octanol–water partition coefficient (Wildman–Crippen LogP) is 3.38. The third-order valence-electron chi connectivity index (χ3n) is 3.01. The van der Waals surface area contributed by atoms with Gasteiger partial charge in [0.15, 0.2) is 0 Å². The molecular formula is C14H23N. The molecule has 2 N–H and O–H groups in total. The maximum absolute atomic E-state index is 5.51. The Bertz CT molecular complexity index is 243. The minimum atomic E-state index is 0.832. The van der Waals surface area contributed by atoms with Crippen LogP contribution >= 0.6 is 0 Å². The highest BCUT2D eigenvalue weighted by Crippen LogP contribution is 2.18. The van der Waals surface area contributed by atoms with Crippen LogP contribution in [0.2, 0.25) is 0 Å². The van der Waals surface area contributed by atoms with Crippen LogP contribution in [-0.4, -0.2) is 6.54 Å². The topological polar surface area (TPSA) is 26.0 Å². The Labute approximate surface area is 93.7 Å². The van der Waals surface area contributed by atoms with Crippen LogP contribution in [0.3, 0.4) is 0 Å². The van der Waals surface area contributed by atoms with Gasteiger partial charge in [0.2, 0.25) is 0 Å². The second-order valence-electron chi connectivity index (χ2n) is 4.25. The van der Waals surface area contributed by atoms with E-state index >= 15 is 0 Å². The zero-order chi connectivity index (χ0) is 10.9. The number of unbranched alkanes of at least 4 members (excludes halogenated alkanes) is 1. The molecule has 84 valence electrons. The maximum atomic E-state index is 5.51. The van der Waals surface area contributed by atoms with Crippen LogP contribution in [0, 0.1) is 5.92 Å². The molecule has 15 heavy (non-hydrogen) atoms. The minimum absolute atomic E-state index is 0.832. The summed E-state index contributed by atoms with van der Waals surface area (Å²) in [6, 6.07) is 10.8. The number of hydrogen-bond donors (Lipinski definition) is 1. The average Bonchev–Trinajstić information content (AvgIpc) is 2.29. The highest BCUT2D eigenvalue weighted by atomic mass is 14.5. The molecule has 0 aliphatic rings. The number of nitrogens with two attached hydrogens (primary N) is 1. The van der Waals surface area contributed by atoms with Gasteiger partial charge in [0, 0.05) is 0 Å². The lowest BCUT2D eigenvalue weighted by Gasteiger charge is -2.14. The van der Waals surface area contributed by atoms with Gasteiger partial charge in [-0.05, 0) is 30.9 Å². The first kappa shape index (κ1) is 12.3. The largest absolute Gasteiger partial charge is 0.330 e. The Morgan fingerprint density at radius 1 is 1.13 bits per heavy atom. The summed E-state index contributed by atoms with van der Waals surface area (Å²) < 4.78 is 0. The second-order valence-corrected chi connectivity index (χ2v) is 4.25. The normalized spacial score (nSPS) is 12.7. The SMILES string of the molecule is CCC(CCCCN)Cc1ccccc1. The Kier molecular flexibility index (Phi) is 6.10. The van der Waals surface area contributed by atoms with E-state index in [1.54, 1.807) is 0 Å². The van der Waals surface area contributed by atoms with Crippen molar-refractivity contribution >= 4 is 0 Å². The first-order valence-electron chi connectivity index (χ1n) is 6.10. The van der Waals surface area contributed by atoms with Crippen molar-refractivity contribution in [2.24, 2.45) is 11.7 Å². The highest BCUT2D eigenvalue weighted by Gasteiger charge is 2.06. The van der Waals surface area contributed by atoms with E-state index in [1.807, 2.05) is 0 Å². The fraction of sp³-hybridized carbons (Fsp3) is 0.571. The van der Waals surface area contributed by atoms with E-state index in [-0.39, 0.29) is 0 Å². The van der Waals surface area contributed by atoms with Crippen LogP contribution in [-0.2, 0) is 6.42 Å². The van der Waals surface area contributed by atoms with E-state index in [0.29, 0.717) is 0 Å². The van der Waals surface area contributed by atoms with Crippen molar-refractivity contribution < 1.29 is 0 Å². The minimum Gasteiger partial charge on any atom is -0.330 e. The average molecular weight is 205 g/mol. The molecule has 0 heterocycles. The third kappa shape index (κ3) is 4.98. The van der Waals surface area contributed by atoms with E-state index in [9.17, 15) is 0 Å². The molecule has 0 aromatic heterocycles. The van der Waals surface area contributed by atoms with E-state index in [4.69, 9.17) is 5.73 Å². The van der Waals surface area contributed by atoms with Gasteiger partial charge in [0.1, 0.15) is 0 Å². The standard InChI is InChI=1S/C14H23N/c1-2-13(8-6-7-11-15)12-14-9-4-3-5-10-14/h3-5,9-10,13H,2,6-8,11-12,15H2,1H3. The van der Waals surface area contributed by atoms with Crippen LogP contribution < -0.4 is 5.73 Å². The molecule has 0 amide bonds. The zero-order valence-electron chi connectivity index (χ0n) is 9.78. The summed E-state index contributed by atoms with van der Waals surface area (Å²) in [6.07, 6.45) is 6.27. The van der Waals surface area contributed by atoms with Gasteiger partial charge < -0.3 is 5.73 Å². The maximum Gasteiger partial charge on any atom is -0.00773 e. The van der Waals surface area contributed by atoms with Crippen LogP contribution in [0.1, 0.15) is 38.2 Å². The first-order chi connectivity index (χ1) is 7.36. The molecule has 0 aliphatic carbocycles. The monoisotopic (exact) mass is 205 g/mol. The van der Waals surface area contributed by atoms with Crippen molar-refractivity contribution in [3.8, 4) is 0 Å². The molecule has 0 fully saturated rings. The van der Waals surface area contributed by atoms with Crippen molar-refractivity contribution in [1.29, 1.82) is 0 Å². The summed E-state index contributed by atoms with van der Waals surface area (Å²) in [5.41, 5.74) is 6.98. The quantitative estimate of drug-likeness (QED) is 0.678. The van der Waals surface area contributed by atoms with E-state index in [2.05, 4.69) is 37.3 Å². The summed E-state index contributed by atoms with van der Waals surface area (Å²) in [5, 5.41) is 0. The number of benzene rings is 1. The lowest BCUT2D eigenvalue weighted by molar-refractivity contribution is 0.446. The predicted molar refractivity (Wildman–Crippen MR) is 66.8 cm³/mol. The van der Waals surface area contributed by atoms with Gasteiger partial charge in [0.25, 0.3) is 0 Å². The molecule has 1 nitrogen and oxygen atoms in total. The second kappa shape index (κ2) is 7.47. The van der Waals surface area contributed by atoms with Gasteiger partial charge in [-0.2, -0.15) is 0 Å². The Morgan fingerprint density at radius 3 is 2.47 bits per heavy atom. The van der Waals surface area contributed by atoms with E-state index in [1.165, 1.54) is 37.7 Å². The lowest BCUT2D eigenvalue weighted by atomic mass is 9.92. The molecule has 1 rings (SSSR count). The molecule has 0 saturated carbocycles. The van der Waals surface area contributed by atoms with Crippen molar-refractivity contribution in [1.82, 2.24) is 0 Å². The summed E-state index contributed by atoms with van der Waals surface area (Å²) in [5.74, 6) is 0.832. The smallest absolute Gasteiger partial charge is 0.00773 e. The summed E-state index contributed by atoms with van der Waals surface area (Å²) in [7, 11) is 0. The van der Waals surface area contributed by atoms with Gasteiger partial charge >= 0.3 is 0 Å². The molecule has 1 aromatic rings. The van der Waals surface area contributed by atoms with Crippen LogP contribution in [0.4, 0.5) is 0 Å². The van der Waals surface area contributed by atoms with Crippen molar-refractivity contribution in [3.63, 3.8) is 0 Å². The number of rotatable bonds is 7. The number of hydrogen-bond acceptors (Lipinski definition) is 1. The molecule has 0 radical (unpaired) electrons.